The predicted molar refractivity (Wildman–Crippen MR) is 63.9 cm³/mol. The van der Waals surface area contributed by atoms with Crippen molar-refractivity contribution in [1.82, 2.24) is 0 Å². The molecule has 0 saturated carbocycles. The average molecular weight is 238 g/mol. The van der Waals surface area contributed by atoms with Crippen LogP contribution in [-0.2, 0) is 9.53 Å². The largest absolute Gasteiger partial charge is 0.493 e. The van der Waals surface area contributed by atoms with Crippen LogP contribution in [0.2, 0.25) is 0 Å². The lowest BCUT2D eigenvalue weighted by molar-refractivity contribution is -0.141. The minimum Gasteiger partial charge on any atom is -0.493 e. The van der Waals surface area contributed by atoms with Gasteiger partial charge < -0.3 is 14.6 Å². The summed E-state index contributed by atoms with van der Waals surface area (Å²) in [6.45, 7) is 3.91. The van der Waals surface area contributed by atoms with Crippen LogP contribution in [0.25, 0.3) is 0 Å². The van der Waals surface area contributed by atoms with Crippen LogP contribution in [0.1, 0.15) is 30.6 Å². The molecule has 0 heterocycles. The van der Waals surface area contributed by atoms with Crippen molar-refractivity contribution in [2.75, 3.05) is 13.7 Å². The van der Waals surface area contributed by atoms with Crippen LogP contribution in [-0.4, -0.2) is 24.8 Å². The van der Waals surface area contributed by atoms with Crippen molar-refractivity contribution in [2.24, 2.45) is 0 Å². The molecule has 0 aliphatic rings. The Hall–Kier alpha value is -1.55. The Kier molecular flexibility index (Phi) is 4.97. The molecule has 1 aromatic rings. The molecule has 0 aliphatic heterocycles. The number of methoxy groups -OCH3 is 1. The predicted octanol–water partition coefficient (Wildman–Crippen LogP) is 1.99. The summed E-state index contributed by atoms with van der Waals surface area (Å²) in [5, 5.41) is 9.42. The molecule has 0 radical (unpaired) electrons. The molecule has 17 heavy (non-hydrogen) atoms. The highest BCUT2D eigenvalue weighted by atomic mass is 16.5. The Morgan fingerprint density at radius 1 is 1.47 bits per heavy atom. The van der Waals surface area contributed by atoms with Gasteiger partial charge in [-0.25, -0.2) is 0 Å². The summed E-state index contributed by atoms with van der Waals surface area (Å²) in [6.07, 6.45) is -0.258. The number of aliphatic hydroxyl groups excluding tert-OH is 1. The van der Waals surface area contributed by atoms with Gasteiger partial charge >= 0.3 is 5.97 Å². The van der Waals surface area contributed by atoms with E-state index in [0.29, 0.717) is 6.61 Å². The first kappa shape index (κ1) is 13.5. The number of hydrogen-bond donors (Lipinski definition) is 1. The van der Waals surface area contributed by atoms with Crippen molar-refractivity contribution < 1.29 is 19.4 Å². The fourth-order valence-electron chi connectivity index (χ4n) is 1.44. The zero-order chi connectivity index (χ0) is 12.8. The maximum absolute atomic E-state index is 10.9. The maximum atomic E-state index is 10.9. The van der Waals surface area contributed by atoms with Gasteiger partial charge in [-0.05, 0) is 37.1 Å². The van der Waals surface area contributed by atoms with Crippen LogP contribution >= 0.6 is 0 Å². The minimum atomic E-state index is -0.488. The van der Waals surface area contributed by atoms with E-state index in [1.54, 1.807) is 13.0 Å². The molecule has 0 aromatic heterocycles. The van der Waals surface area contributed by atoms with E-state index in [1.165, 1.54) is 7.11 Å². The van der Waals surface area contributed by atoms with Gasteiger partial charge in [0.2, 0.25) is 0 Å². The second-order valence-corrected chi connectivity index (χ2v) is 3.88. The lowest BCUT2D eigenvalue weighted by Gasteiger charge is -2.11. The van der Waals surface area contributed by atoms with Crippen LogP contribution in [0.15, 0.2) is 18.2 Å². The smallest absolute Gasteiger partial charge is 0.308 e. The fourth-order valence-corrected chi connectivity index (χ4v) is 1.44. The lowest BCUT2D eigenvalue weighted by atomic mass is 10.1. The van der Waals surface area contributed by atoms with Gasteiger partial charge in [-0.1, -0.05) is 6.07 Å². The van der Waals surface area contributed by atoms with E-state index >= 15 is 0 Å². The Labute approximate surface area is 101 Å². The van der Waals surface area contributed by atoms with Crippen LogP contribution in [0.3, 0.4) is 0 Å². The highest BCUT2D eigenvalue weighted by molar-refractivity contribution is 5.69. The first-order chi connectivity index (χ1) is 8.04. The van der Waals surface area contributed by atoms with Crippen LogP contribution in [0.5, 0.6) is 5.75 Å². The number of rotatable bonds is 5. The maximum Gasteiger partial charge on any atom is 0.308 e. The summed E-state index contributed by atoms with van der Waals surface area (Å²) < 4.78 is 9.98. The van der Waals surface area contributed by atoms with E-state index in [0.717, 1.165) is 16.9 Å². The number of ether oxygens (including phenoxy) is 2. The van der Waals surface area contributed by atoms with Gasteiger partial charge in [-0.3, -0.25) is 4.79 Å². The second kappa shape index (κ2) is 6.25. The van der Waals surface area contributed by atoms with E-state index in [1.807, 2.05) is 19.1 Å². The molecule has 0 aliphatic carbocycles. The summed E-state index contributed by atoms with van der Waals surface area (Å²) >= 11 is 0. The van der Waals surface area contributed by atoms with Gasteiger partial charge in [0.05, 0.1) is 26.2 Å². The van der Waals surface area contributed by atoms with Crippen LogP contribution < -0.4 is 4.74 Å². The molecule has 4 heteroatoms. The number of esters is 1. The molecule has 1 rings (SSSR count). The minimum absolute atomic E-state index is 0.230. The number of carbonyl (C=O) groups excluding carboxylic acids is 1. The van der Waals surface area contributed by atoms with Gasteiger partial charge in [-0.15, -0.1) is 0 Å². The number of aryl methyl sites for hydroxylation is 1. The molecule has 0 fully saturated rings. The molecule has 4 nitrogen and oxygen atoms in total. The first-order valence-electron chi connectivity index (χ1n) is 5.53. The zero-order valence-electron chi connectivity index (χ0n) is 10.4. The molecule has 1 N–H and O–H groups in total. The van der Waals surface area contributed by atoms with Gasteiger partial charge in [0, 0.05) is 0 Å². The molecule has 1 atom stereocenters. The van der Waals surface area contributed by atoms with E-state index in [2.05, 4.69) is 4.74 Å². The Morgan fingerprint density at radius 3 is 2.71 bits per heavy atom. The Balaban J connectivity index is 2.57. The van der Waals surface area contributed by atoms with E-state index in [4.69, 9.17) is 4.74 Å². The third kappa shape index (κ3) is 4.07. The van der Waals surface area contributed by atoms with Crippen molar-refractivity contribution in [3.63, 3.8) is 0 Å². The second-order valence-electron chi connectivity index (χ2n) is 3.88. The zero-order valence-corrected chi connectivity index (χ0v) is 10.4. The fraction of sp³-hybridized carbons (Fsp3) is 0.462. The molecule has 94 valence electrons. The molecule has 1 aromatic carbocycles. The molecule has 0 bridgehead atoms. The number of hydrogen-bond acceptors (Lipinski definition) is 4. The standard InChI is InChI=1S/C13H18O4/c1-9-8-11(10(2)14)4-5-12(9)17-7-6-13(15)16-3/h4-5,8,10,14H,6-7H2,1-3H3. The number of carbonyl (C=O) groups is 1. The van der Waals surface area contributed by atoms with Crippen molar-refractivity contribution in [3.05, 3.63) is 29.3 Å². The average Bonchev–Trinajstić information content (AvgIpc) is 2.30. The topological polar surface area (TPSA) is 55.8 Å². The Morgan fingerprint density at radius 2 is 2.18 bits per heavy atom. The summed E-state index contributed by atoms with van der Waals surface area (Å²) in [6, 6.07) is 5.48. The van der Waals surface area contributed by atoms with Gasteiger partial charge in [0.25, 0.3) is 0 Å². The highest BCUT2D eigenvalue weighted by Crippen LogP contribution is 2.22. The van der Waals surface area contributed by atoms with Gasteiger partial charge in [-0.2, -0.15) is 0 Å². The molecular formula is C13H18O4. The summed E-state index contributed by atoms with van der Waals surface area (Å²) in [7, 11) is 1.35. The quantitative estimate of drug-likeness (QED) is 0.797. The van der Waals surface area contributed by atoms with Crippen molar-refractivity contribution in [2.45, 2.75) is 26.4 Å². The highest BCUT2D eigenvalue weighted by Gasteiger charge is 2.06. The molecule has 0 saturated heterocycles. The molecular weight excluding hydrogens is 220 g/mol. The SMILES string of the molecule is COC(=O)CCOc1ccc(C(C)O)cc1C. The van der Waals surface area contributed by atoms with Crippen molar-refractivity contribution >= 4 is 5.97 Å². The summed E-state index contributed by atoms with van der Waals surface area (Å²) in [4.78, 5) is 10.9. The van der Waals surface area contributed by atoms with Crippen molar-refractivity contribution in [3.8, 4) is 5.75 Å². The van der Waals surface area contributed by atoms with Crippen LogP contribution in [0, 0.1) is 6.92 Å². The third-order valence-corrected chi connectivity index (χ3v) is 2.47. The van der Waals surface area contributed by atoms with Gasteiger partial charge in [0.1, 0.15) is 5.75 Å². The number of aliphatic hydroxyl groups is 1. The molecule has 1 unspecified atom stereocenters. The van der Waals surface area contributed by atoms with E-state index in [-0.39, 0.29) is 12.4 Å². The van der Waals surface area contributed by atoms with Crippen molar-refractivity contribution in [1.29, 1.82) is 0 Å². The van der Waals surface area contributed by atoms with E-state index in [9.17, 15) is 9.90 Å². The monoisotopic (exact) mass is 238 g/mol. The van der Waals surface area contributed by atoms with Gasteiger partial charge in [0.15, 0.2) is 0 Å². The summed E-state index contributed by atoms with van der Waals surface area (Å²) in [5.41, 5.74) is 1.79. The molecule has 0 spiro atoms. The molecule has 0 amide bonds. The third-order valence-electron chi connectivity index (χ3n) is 2.47. The first-order valence-corrected chi connectivity index (χ1v) is 5.53. The van der Waals surface area contributed by atoms with Crippen LogP contribution in [0.4, 0.5) is 0 Å². The lowest BCUT2D eigenvalue weighted by Crippen LogP contribution is -2.08. The number of benzene rings is 1. The normalized spacial score (nSPS) is 12.0. The van der Waals surface area contributed by atoms with E-state index < -0.39 is 6.10 Å². The summed E-state index contributed by atoms with van der Waals surface area (Å²) in [5.74, 6) is 0.432. The Bertz CT molecular complexity index is 385.